The van der Waals surface area contributed by atoms with Gasteiger partial charge in [-0.3, -0.25) is 4.79 Å². The summed E-state index contributed by atoms with van der Waals surface area (Å²) in [6.07, 6.45) is 1.87. The number of anilines is 1. The minimum atomic E-state index is -0.117. The van der Waals surface area contributed by atoms with Crippen LogP contribution in [0.15, 0.2) is 95.6 Å². The molecule has 3 aromatic carbocycles. The van der Waals surface area contributed by atoms with Crippen molar-refractivity contribution < 1.29 is 9.53 Å². The summed E-state index contributed by atoms with van der Waals surface area (Å²) in [6, 6.07) is 27.2. The van der Waals surface area contributed by atoms with Crippen LogP contribution in [-0.4, -0.2) is 11.6 Å². The van der Waals surface area contributed by atoms with E-state index in [1.165, 1.54) is 5.01 Å². The first kappa shape index (κ1) is 17.7. The van der Waals surface area contributed by atoms with Gasteiger partial charge in [0.15, 0.2) is 0 Å². The number of amides is 1. The monoisotopic (exact) mass is 368 g/mol. The molecule has 0 saturated heterocycles. The van der Waals surface area contributed by atoms with Crippen LogP contribution in [0.3, 0.4) is 0 Å². The normalized spacial score (nSPS) is 15.0. The summed E-state index contributed by atoms with van der Waals surface area (Å²) >= 11 is 0. The van der Waals surface area contributed by atoms with Crippen LogP contribution in [0.25, 0.3) is 6.08 Å². The molecule has 1 amide bonds. The maximum absolute atomic E-state index is 12.8. The lowest BCUT2D eigenvalue weighted by Gasteiger charge is -2.11. The highest BCUT2D eigenvalue weighted by molar-refractivity contribution is 6.32. The van der Waals surface area contributed by atoms with Crippen LogP contribution in [0.2, 0.25) is 0 Å². The molecule has 0 bridgehead atoms. The fraction of sp³-hybridized carbons (Fsp3) is 0.0833. The summed E-state index contributed by atoms with van der Waals surface area (Å²) in [7, 11) is 0. The Bertz CT molecular complexity index is 1020. The number of nitrogens with zero attached hydrogens (tertiary/aromatic N) is 2. The van der Waals surface area contributed by atoms with Crippen molar-refractivity contribution in [3.05, 3.63) is 102 Å². The Labute approximate surface area is 164 Å². The molecule has 0 unspecified atom stereocenters. The summed E-state index contributed by atoms with van der Waals surface area (Å²) in [6.45, 7) is 2.38. The Kier molecular flexibility index (Phi) is 5.02. The SMILES string of the molecule is CC1=NN(c2ccccc2)C(=O)/C1=C/c1ccc(OCc2ccccc2)cc1. The Morgan fingerprint density at radius 3 is 2.21 bits per heavy atom. The van der Waals surface area contributed by atoms with E-state index in [0.717, 1.165) is 22.6 Å². The highest BCUT2D eigenvalue weighted by Crippen LogP contribution is 2.25. The van der Waals surface area contributed by atoms with Gasteiger partial charge in [0.2, 0.25) is 0 Å². The number of hydrazone groups is 1. The van der Waals surface area contributed by atoms with Crippen LogP contribution in [0.1, 0.15) is 18.1 Å². The van der Waals surface area contributed by atoms with Crippen molar-refractivity contribution in [3.8, 4) is 5.75 Å². The molecule has 1 aliphatic heterocycles. The van der Waals surface area contributed by atoms with Gasteiger partial charge in [-0.05, 0) is 48.4 Å². The van der Waals surface area contributed by atoms with Crippen LogP contribution < -0.4 is 9.75 Å². The predicted octanol–water partition coefficient (Wildman–Crippen LogP) is 5.07. The predicted molar refractivity (Wildman–Crippen MR) is 112 cm³/mol. The molecule has 0 spiro atoms. The lowest BCUT2D eigenvalue weighted by molar-refractivity contribution is -0.114. The number of hydrogen-bond donors (Lipinski definition) is 0. The highest BCUT2D eigenvalue weighted by atomic mass is 16.5. The molecule has 138 valence electrons. The smallest absolute Gasteiger partial charge is 0.280 e. The van der Waals surface area contributed by atoms with E-state index in [2.05, 4.69) is 5.10 Å². The molecule has 0 atom stereocenters. The third kappa shape index (κ3) is 3.86. The molecule has 0 N–H and O–H groups in total. The topological polar surface area (TPSA) is 41.9 Å². The minimum absolute atomic E-state index is 0.117. The molecule has 4 rings (SSSR count). The van der Waals surface area contributed by atoms with Crippen molar-refractivity contribution in [2.75, 3.05) is 5.01 Å². The Morgan fingerprint density at radius 2 is 1.54 bits per heavy atom. The first-order chi connectivity index (χ1) is 13.7. The summed E-state index contributed by atoms with van der Waals surface area (Å²) in [4.78, 5) is 12.8. The van der Waals surface area contributed by atoms with Crippen LogP contribution in [0.5, 0.6) is 5.75 Å². The molecule has 3 aromatic rings. The van der Waals surface area contributed by atoms with Crippen LogP contribution in [-0.2, 0) is 11.4 Å². The molecule has 0 radical (unpaired) electrons. The Morgan fingerprint density at radius 1 is 0.893 bits per heavy atom. The molecular weight excluding hydrogens is 348 g/mol. The van der Waals surface area contributed by atoms with Gasteiger partial charge in [0.05, 0.1) is 17.0 Å². The zero-order valence-corrected chi connectivity index (χ0v) is 15.6. The second-order valence-electron chi connectivity index (χ2n) is 6.54. The average Bonchev–Trinajstić information content (AvgIpc) is 3.03. The van der Waals surface area contributed by atoms with Gasteiger partial charge >= 0.3 is 0 Å². The standard InChI is InChI=1S/C24H20N2O2/c1-18-23(24(27)26(25-18)21-10-6-3-7-11-21)16-19-12-14-22(15-13-19)28-17-20-8-4-2-5-9-20/h2-16H,17H2,1H3/b23-16+. The summed E-state index contributed by atoms with van der Waals surface area (Å²) in [5, 5.41) is 5.85. The number of rotatable bonds is 5. The summed E-state index contributed by atoms with van der Waals surface area (Å²) < 4.78 is 5.81. The van der Waals surface area contributed by atoms with E-state index in [9.17, 15) is 4.79 Å². The maximum Gasteiger partial charge on any atom is 0.280 e. The number of hydrogen-bond acceptors (Lipinski definition) is 3. The molecule has 28 heavy (non-hydrogen) atoms. The molecule has 1 aliphatic rings. The number of benzene rings is 3. The maximum atomic E-state index is 12.8. The first-order valence-electron chi connectivity index (χ1n) is 9.14. The third-order valence-electron chi connectivity index (χ3n) is 4.50. The quantitative estimate of drug-likeness (QED) is 0.590. The summed E-state index contributed by atoms with van der Waals surface area (Å²) in [5.41, 5.74) is 4.12. The van der Waals surface area contributed by atoms with Crippen molar-refractivity contribution >= 4 is 23.4 Å². The van der Waals surface area contributed by atoms with E-state index < -0.39 is 0 Å². The minimum Gasteiger partial charge on any atom is -0.489 e. The van der Waals surface area contributed by atoms with Crippen LogP contribution in [0.4, 0.5) is 5.69 Å². The van der Waals surface area contributed by atoms with Gasteiger partial charge in [-0.25, -0.2) is 0 Å². The number of carbonyl (C=O) groups excluding carboxylic acids is 1. The van der Waals surface area contributed by atoms with Gasteiger partial charge in [0, 0.05) is 0 Å². The molecular formula is C24H20N2O2. The molecule has 4 nitrogen and oxygen atoms in total. The van der Waals surface area contributed by atoms with E-state index in [4.69, 9.17) is 4.74 Å². The lowest BCUT2D eigenvalue weighted by atomic mass is 10.1. The largest absolute Gasteiger partial charge is 0.489 e. The average molecular weight is 368 g/mol. The van der Waals surface area contributed by atoms with Crippen LogP contribution >= 0.6 is 0 Å². The van der Waals surface area contributed by atoms with Gasteiger partial charge in [-0.2, -0.15) is 10.1 Å². The molecule has 4 heteroatoms. The fourth-order valence-corrected chi connectivity index (χ4v) is 3.00. The van der Waals surface area contributed by atoms with Gasteiger partial charge < -0.3 is 4.74 Å². The van der Waals surface area contributed by atoms with E-state index in [-0.39, 0.29) is 5.91 Å². The third-order valence-corrected chi connectivity index (χ3v) is 4.50. The molecule has 0 fully saturated rings. The highest BCUT2D eigenvalue weighted by Gasteiger charge is 2.28. The van der Waals surface area contributed by atoms with Crippen molar-refractivity contribution in [3.63, 3.8) is 0 Å². The lowest BCUT2D eigenvalue weighted by Crippen LogP contribution is -2.21. The zero-order chi connectivity index (χ0) is 19.3. The fourth-order valence-electron chi connectivity index (χ4n) is 3.00. The first-order valence-corrected chi connectivity index (χ1v) is 9.14. The van der Waals surface area contributed by atoms with E-state index in [0.29, 0.717) is 17.9 Å². The van der Waals surface area contributed by atoms with Crippen molar-refractivity contribution in [2.24, 2.45) is 5.10 Å². The summed E-state index contributed by atoms with van der Waals surface area (Å²) in [5.74, 6) is 0.674. The van der Waals surface area contributed by atoms with Crippen molar-refractivity contribution in [2.45, 2.75) is 13.5 Å². The Balaban J connectivity index is 1.47. The van der Waals surface area contributed by atoms with Gasteiger partial charge in [-0.1, -0.05) is 60.7 Å². The van der Waals surface area contributed by atoms with Gasteiger partial charge in [-0.15, -0.1) is 0 Å². The van der Waals surface area contributed by atoms with E-state index in [1.54, 1.807) is 0 Å². The second kappa shape index (κ2) is 7.92. The van der Waals surface area contributed by atoms with E-state index >= 15 is 0 Å². The molecule has 0 saturated carbocycles. The molecule has 1 heterocycles. The zero-order valence-electron chi connectivity index (χ0n) is 15.6. The number of ether oxygens (including phenoxy) is 1. The van der Waals surface area contributed by atoms with Crippen LogP contribution in [0, 0.1) is 0 Å². The van der Waals surface area contributed by atoms with Crippen molar-refractivity contribution in [1.82, 2.24) is 0 Å². The molecule has 0 aliphatic carbocycles. The second-order valence-corrected chi connectivity index (χ2v) is 6.54. The van der Waals surface area contributed by atoms with Gasteiger partial charge in [0.25, 0.3) is 5.91 Å². The molecule has 0 aromatic heterocycles. The van der Waals surface area contributed by atoms with Gasteiger partial charge in [0.1, 0.15) is 12.4 Å². The van der Waals surface area contributed by atoms with E-state index in [1.807, 2.05) is 97.9 Å². The Hall–Kier alpha value is -3.66. The number of para-hydroxylation sites is 1. The van der Waals surface area contributed by atoms with Crippen molar-refractivity contribution in [1.29, 1.82) is 0 Å². The number of carbonyl (C=O) groups is 1.